The van der Waals surface area contributed by atoms with Crippen molar-refractivity contribution in [2.75, 3.05) is 12.3 Å². The molecular formula is C15H22N6O7S. The second-order valence-electron chi connectivity index (χ2n) is 5.85. The van der Waals surface area contributed by atoms with E-state index in [4.69, 9.17) is 15.9 Å². The molecule has 1 rings (SSSR count). The van der Waals surface area contributed by atoms with Gasteiger partial charge < -0.3 is 36.9 Å². The Hall–Kier alpha value is -3.13. The summed E-state index contributed by atoms with van der Waals surface area (Å²) < 4.78 is 0. The van der Waals surface area contributed by atoms with Crippen molar-refractivity contribution < 1.29 is 34.2 Å². The minimum absolute atomic E-state index is 0.0905. The number of carbonyl (C=O) groups excluding carboxylic acids is 3. The highest BCUT2D eigenvalue weighted by molar-refractivity contribution is 7.80. The number of carboxylic acid groups (broad SMARTS) is 2. The summed E-state index contributed by atoms with van der Waals surface area (Å²) in [7, 11) is 0. The molecule has 0 radical (unpaired) electrons. The summed E-state index contributed by atoms with van der Waals surface area (Å²) in [4.78, 5) is 64.9. The second-order valence-corrected chi connectivity index (χ2v) is 6.21. The van der Waals surface area contributed by atoms with Crippen LogP contribution in [0.5, 0.6) is 0 Å². The van der Waals surface area contributed by atoms with Gasteiger partial charge in [0.1, 0.15) is 18.1 Å². The molecule has 0 aliphatic carbocycles. The molecule has 0 fully saturated rings. The zero-order valence-corrected chi connectivity index (χ0v) is 16.0. The first-order valence-electron chi connectivity index (χ1n) is 8.30. The standard InChI is InChI=1S/C15H22N6O7S/c16-3-11(22)19-10(5-29)14(26)20-8(1-7-4-17-6-18-7)13(25)21-9(15(27)28)2-12(23)24/h4,6,8-10,29H,1-3,5,16H2,(H,17,18)(H,19,22)(H,20,26)(H,21,25)(H,23,24)(H,27,28). The van der Waals surface area contributed by atoms with E-state index in [2.05, 4.69) is 38.5 Å². The Bertz CT molecular complexity index is 742. The number of carboxylic acids is 2. The Labute approximate surface area is 170 Å². The largest absolute Gasteiger partial charge is 0.481 e. The van der Waals surface area contributed by atoms with Crippen LogP contribution in [0.4, 0.5) is 0 Å². The molecule has 3 amide bonds. The highest BCUT2D eigenvalue weighted by Gasteiger charge is 2.30. The van der Waals surface area contributed by atoms with Crippen molar-refractivity contribution in [3.63, 3.8) is 0 Å². The summed E-state index contributed by atoms with van der Waals surface area (Å²) in [5, 5.41) is 24.7. The molecule has 3 atom stereocenters. The molecule has 0 bridgehead atoms. The number of aliphatic carboxylic acids is 2. The maximum absolute atomic E-state index is 12.5. The fourth-order valence-corrected chi connectivity index (χ4v) is 2.45. The number of nitrogens with zero attached hydrogens (tertiary/aromatic N) is 1. The van der Waals surface area contributed by atoms with Crippen molar-refractivity contribution in [1.29, 1.82) is 0 Å². The molecule has 1 heterocycles. The number of aromatic amines is 1. The van der Waals surface area contributed by atoms with Crippen molar-refractivity contribution in [3.8, 4) is 0 Å². The number of hydrogen-bond acceptors (Lipinski definition) is 8. The van der Waals surface area contributed by atoms with Crippen LogP contribution in [0.3, 0.4) is 0 Å². The number of rotatable bonds is 12. The maximum atomic E-state index is 12.5. The zero-order chi connectivity index (χ0) is 22.0. The molecule has 0 saturated carbocycles. The zero-order valence-electron chi connectivity index (χ0n) is 15.1. The lowest BCUT2D eigenvalue weighted by Crippen LogP contribution is -2.57. The van der Waals surface area contributed by atoms with E-state index in [-0.39, 0.29) is 18.7 Å². The van der Waals surface area contributed by atoms with Crippen molar-refractivity contribution in [2.45, 2.75) is 31.0 Å². The van der Waals surface area contributed by atoms with Gasteiger partial charge in [-0.3, -0.25) is 19.2 Å². The number of H-pyrrole nitrogens is 1. The highest BCUT2D eigenvalue weighted by atomic mass is 32.1. The lowest BCUT2D eigenvalue weighted by Gasteiger charge is -2.23. The van der Waals surface area contributed by atoms with Crippen LogP contribution >= 0.6 is 12.6 Å². The van der Waals surface area contributed by atoms with E-state index in [1.54, 1.807) is 0 Å². The number of nitrogens with one attached hydrogen (secondary N) is 4. The molecule has 0 spiro atoms. The summed E-state index contributed by atoms with van der Waals surface area (Å²) in [5.74, 6) is -5.35. The number of hydrogen-bond donors (Lipinski definition) is 8. The fourth-order valence-electron chi connectivity index (χ4n) is 2.19. The van der Waals surface area contributed by atoms with Gasteiger partial charge in [-0.05, 0) is 0 Å². The van der Waals surface area contributed by atoms with Crippen molar-refractivity contribution in [1.82, 2.24) is 25.9 Å². The Morgan fingerprint density at radius 2 is 1.69 bits per heavy atom. The molecule has 29 heavy (non-hydrogen) atoms. The van der Waals surface area contributed by atoms with Gasteiger partial charge in [0.15, 0.2) is 0 Å². The van der Waals surface area contributed by atoms with E-state index in [1.165, 1.54) is 12.5 Å². The smallest absolute Gasteiger partial charge is 0.326 e. The first kappa shape index (κ1) is 23.9. The second kappa shape index (κ2) is 11.7. The summed E-state index contributed by atoms with van der Waals surface area (Å²) in [6.07, 6.45) is 1.79. The summed E-state index contributed by atoms with van der Waals surface area (Å²) in [6.45, 7) is -0.356. The van der Waals surface area contributed by atoms with E-state index in [1.807, 2.05) is 0 Å². The van der Waals surface area contributed by atoms with Crippen LogP contribution < -0.4 is 21.7 Å². The van der Waals surface area contributed by atoms with Gasteiger partial charge in [-0.25, -0.2) is 9.78 Å². The molecule has 0 aliphatic rings. The number of aromatic nitrogens is 2. The number of amides is 3. The number of imidazole rings is 1. The van der Waals surface area contributed by atoms with E-state index >= 15 is 0 Å². The van der Waals surface area contributed by atoms with E-state index in [9.17, 15) is 24.0 Å². The SMILES string of the molecule is NCC(=O)NC(CS)C(=O)NC(Cc1cnc[nH]1)C(=O)NC(CC(=O)O)C(=O)O. The van der Waals surface area contributed by atoms with Crippen molar-refractivity contribution >= 4 is 42.3 Å². The van der Waals surface area contributed by atoms with Gasteiger partial charge in [0.05, 0.1) is 19.3 Å². The molecule has 160 valence electrons. The highest BCUT2D eigenvalue weighted by Crippen LogP contribution is 2.03. The quantitative estimate of drug-likeness (QED) is 0.157. The van der Waals surface area contributed by atoms with Crippen LogP contribution in [-0.2, 0) is 30.4 Å². The minimum atomic E-state index is -1.70. The molecule has 0 aromatic carbocycles. The Morgan fingerprint density at radius 1 is 1.07 bits per heavy atom. The number of carbonyl (C=O) groups is 5. The molecule has 1 aromatic rings. The van der Waals surface area contributed by atoms with Gasteiger partial charge >= 0.3 is 11.9 Å². The molecule has 14 heteroatoms. The third kappa shape index (κ3) is 8.18. The van der Waals surface area contributed by atoms with Crippen molar-refractivity contribution in [3.05, 3.63) is 18.2 Å². The Balaban J connectivity index is 2.95. The van der Waals surface area contributed by atoms with Crippen LogP contribution in [-0.4, -0.2) is 80.3 Å². The predicted octanol–water partition coefficient (Wildman–Crippen LogP) is -3.15. The third-order valence-electron chi connectivity index (χ3n) is 3.62. The van der Waals surface area contributed by atoms with Gasteiger partial charge in [-0.2, -0.15) is 12.6 Å². The first-order valence-corrected chi connectivity index (χ1v) is 8.94. The molecular weight excluding hydrogens is 408 g/mol. The average molecular weight is 430 g/mol. The van der Waals surface area contributed by atoms with Crippen LogP contribution in [0.2, 0.25) is 0 Å². The van der Waals surface area contributed by atoms with Crippen LogP contribution in [0.15, 0.2) is 12.5 Å². The average Bonchev–Trinajstić information content (AvgIpc) is 3.17. The van der Waals surface area contributed by atoms with E-state index < -0.39 is 54.2 Å². The Kier molecular flexibility index (Phi) is 9.61. The van der Waals surface area contributed by atoms with Gasteiger partial charge in [0.25, 0.3) is 0 Å². The molecule has 1 aromatic heterocycles. The molecule has 0 saturated heterocycles. The van der Waals surface area contributed by atoms with Gasteiger partial charge in [0, 0.05) is 24.1 Å². The predicted molar refractivity (Wildman–Crippen MR) is 101 cm³/mol. The maximum Gasteiger partial charge on any atom is 0.326 e. The summed E-state index contributed by atoms with van der Waals surface area (Å²) in [5.41, 5.74) is 5.64. The van der Waals surface area contributed by atoms with Gasteiger partial charge in [-0.15, -0.1) is 0 Å². The van der Waals surface area contributed by atoms with Gasteiger partial charge in [-0.1, -0.05) is 0 Å². The first-order chi connectivity index (χ1) is 13.7. The Morgan fingerprint density at radius 3 is 2.17 bits per heavy atom. The van der Waals surface area contributed by atoms with E-state index in [0.717, 1.165) is 0 Å². The lowest BCUT2D eigenvalue weighted by molar-refractivity contribution is -0.147. The molecule has 8 N–H and O–H groups in total. The molecule has 3 unspecified atom stereocenters. The molecule has 0 aliphatic heterocycles. The van der Waals surface area contributed by atoms with E-state index in [0.29, 0.717) is 5.69 Å². The number of nitrogens with two attached hydrogens (primary N) is 1. The van der Waals surface area contributed by atoms with Gasteiger partial charge in [0.2, 0.25) is 17.7 Å². The van der Waals surface area contributed by atoms with Crippen LogP contribution in [0.25, 0.3) is 0 Å². The summed E-state index contributed by atoms with van der Waals surface area (Å²) in [6, 6.07) is -4.07. The fraction of sp³-hybridized carbons (Fsp3) is 0.467. The van der Waals surface area contributed by atoms with Crippen LogP contribution in [0, 0.1) is 0 Å². The molecule has 13 nitrogen and oxygen atoms in total. The number of thiol groups is 1. The normalized spacial score (nSPS) is 13.6. The third-order valence-corrected chi connectivity index (χ3v) is 3.99. The van der Waals surface area contributed by atoms with Crippen LogP contribution in [0.1, 0.15) is 12.1 Å². The monoisotopic (exact) mass is 430 g/mol. The van der Waals surface area contributed by atoms with Crippen molar-refractivity contribution in [2.24, 2.45) is 5.73 Å². The lowest BCUT2D eigenvalue weighted by atomic mass is 10.1. The summed E-state index contributed by atoms with van der Waals surface area (Å²) >= 11 is 3.98. The topological polar surface area (TPSA) is 217 Å². The minimum Gasteiger partial charge on any atom is -0.481 e.